The van der Waals surface area contributed by atoms with Crippen molar-refractivity contribution in [3.63, 3.8) is 0 Å². The summed E-state index contributed by atoms with van der Waals surface area (Å²) in [6, 6.07) is 4.25. The Balaban J connectivity index is 0.000000720. The van der Waals surface area contributed by atoms with E-state index in [1.54, 1.807) is 0 Å². The van der Waals surface area contributed by atoms with Gasteiger partial charge in [-0.1, -0.05) is 6.07 Å². The monoisotopic (exact) mass is 220 g/mol. The van der Waals surface area contributed by atoms with E-state index in [0.717, 1.165) is 25.2 Å². The molecule has 2 heterocycles. The summed E-state index contributed by atoms with van der Waals surface area (Å²) in [6.07, 6.45) is 1.08. The number of aryl methyl sites for hydroxylation is 1. The minimum Gasteiger partial charge on any atom is -0.312 e. The van der Waals surface area contributed by atoms with Crippen LogP contribution in [-0.4, -0.2) is 11.5 Å². The van der Waals surface area contributed by atoms with Crippen LogP contribution in [-0.2, 0) is 13.0 Å². The zero-order valence-electron chi connectivity index (χ0n) is 7.54. The van der Waals surface area contributed by atoms with Crippen molar-refractivity contribution in [2.45, 2.75) is 19.9 Å². The normalized spacial score (nSPS) is 13.6. The molecule has 0 amide bonds. The fraction of sp³-hybridized carbons (Fsp3) is 0.444. The van der Waals surface area contributed by atoms with Crippen LogP contribution in [0.5, 0.6) is 0 Å². The van der Waals surface area contributed by atoms with E-state index in [1.807, 2.05) is 6.92 Å². The van der Waals surface area contributed by atoms with Crippen LogP contribution in [0.2, 0.25) is 0 Å². The number of hydrogen-bond donors (Lipinski definition) is 1. The zero-order chi connectivity index (χ0) is 7.68. The lowest BCUT2D eigenvalue weighted by Gasteiger charge is -2.15. The van der Waals surface area contributed by atoms with Gasteiger partial charge < -0.3 is 5.32 Å². The molecule has 0 aromatic carbocycles. The number of nitrogens with one attached hydrogen (secondary N) is 1. The van der Waals surface area contributed by atoms with Gasteiger partial charge in [-0.25, -0.2) is 0 Å². The SMILES string of the molecule is Cc1ccc2c(n1)CCNC2.Cl.Cl. The van der Waals surface area contributed by atoms with Crippen LogP contribution >= 0.6 is 24.8 Å². The van der Waals surface area contributed by atoms with E-state index >= 15 is 0 Å². The maximum absolute atomic E-state index is 4.47. The molecule has 0 saturated heterocycles. The predicted octanol–water partition coefficient (Wildman–Crippen LogP) is 1.88. The fourth-order valence-electron chi connectivity index (χ4n) is 1.45. The van der Waals surface area contributed by atoms with Gasteiger partial charge in [-0.15, -0.1) is 24.8 Å². The maximum Gasteiger partial charge on any atom is 0.0464 e. The fourth-order valence-corrected chi connectivity index (χ4v) is 1.45. The molecule has 1 aliphatic rings. The number of nitrogens with zero attached hydrogens (tertiary/aromatic N) is 1. The Bertz CT molecular complexity index is 276. The second-order valence-electron chi connectivity index (χ2n) is 2.99. The van der Waals surface area contributed by atoms with Crippen molar-refractivity contribution in [3.05, 3.63) is 29.1 Å². The summed E-state index contributed by atoms with van der Waals surface area (Å²) >= 11 is 0. The quantitative estimate of drug-likeness (QED) is 0.723. The van der Waals surface area contributed by atoms with Crippen LogP contribution in [0.15, 0.2) is 12.1 Å². The Morgan fingerprint density at radius 2 is 2.08 bits per heavy atom. The lowest BCUT2D eigenvalue weighted by molar-refractivity contribution is 0.628. The van der Waals surface area contributed by atoms with Crippen LogP contribution in [0.4, 0.5) is 0 Å². The van der Waals surface area contributed by atoms with Crippen LogP contribution in [0.3, 0.4) is 0 Å². The predicted molar refractivity (Wildman–Crippen MR) is 58.9 cm³/mol. The maximum atomic E-state index is 4.47. The Labute approximate surface area is 91.0 Å². The van der Waals surface area contributed by atoms with Gasteiger partial charge in [-0.3, -0.25) is 4.98 Å². The lowest BCUT2D eigenvalue weighted by atomic mass is 10.1. The highest BCUT2D eigenvalue weighted by Crippen LogP contribution is 2.10. The summed E-state index contributed by atoms with van der Waals surface area (Å²) < 4.78 is 0. The Morgan fingerprint density at radius 3 is 2.85 bits per heavy atom. The molecule has 0 radical (unpaired) electrons. The molecule has 0 fully saturated rings. The minimum absolute atomic E-state index is 0. The van der Waals surface area contributed by atoms with Gasteiger partial charge in [0.2, 0.25) is 0 Å². The Morgan fingerprint density at radius 1 is 1.31 bits per heavy atom. The summed E-state index contributed by atoms with van der Waals surface area (Å²) in [6.45, 7) is 4.11. The first kappa shape index (κ1) is 12.7. The highest BCUT2D eigenvalue weighted by atomic mass is 35.5. The topological polar surface area (TPSA) is 24.9 Å². The molecule has 1 aliphatic heterocycles. The average Bonchev–Trinajstić information content (AvgIpc) is 2.04. The van der Waals surface area contributed by atoms with E-state index in [-0.39, 0.29) is 24.8 Å². The van der Waals surface area contributed by atoms with E-state index in [4.69, 9.17) is 0 Å². The molecular weight excluding hydrogens is 207 g/mol. The summed E-state index contributed by atoms with van der Waals surface area (Å²) in [5.41, 5.74) is 3.77. The van der Waals surface area contributed by atoms with Gasteiger partial charge in [-0.2, -0.15) is 0 Å². The van der Waals surface area contributed by atoms with Crippen molar-refractivity contribution < 1.29 is 0 Å². The first-order valence-electron chi connectivity index (χ1n) is 4.02. The molecule has 2 rings (SSSR count). The molecule has 13 heavy (non-hydrogen) atoms. The van der Waals surface area contributed by atoms with E-state index < -0.39 is 0 Å². The third-order valence-electron chi connectivity index (χ3n) is 2.06. The smallest absolute Gasteiger partial charge is 0.0464 e. The number of fused-ring (bicyclic) bond motifs is 1. The lowest BCUT2D eigenvalue weighted by Crippen LogP contribution is -2.24. The van der Waals surface area contributed by atoms with Crippen molar-refractivity contribution in [3.8, 4) is 0 Å². The molecule has 4 heteroatoms. The van der Waals surface area contributed by atoms with E-state index in [0.29, 0.717) is 0 Å². The van der Waals surface area contributed by atoms with Crippen molar-refractivity contribution in [1.82, 2.24) is 10.3 Å². The van der Waals surface area contributed by atoms with Gasteiger partial charge in [-0.05, 0) is 18.6 Å². The molecular formula is C9H14Cl2N2. The van der Waals surface area contributed by atoms with Crippen LogP contribution < -0.4 is 5.32 Å². The molecule has 0 atom stereocenters. The average molecular weight is 221 g/mol. The Hall–Kier alpha value is -0.310. The highest BCUT2D eigenvalue weighted by molar-refractivity contribution is 5.85. The van der Waals surface area contributed by atoms with Crippen molar-refractivity contribution >= 4 is 24.8 Å². The summed E-state index contributed by atoms with van der Waals surface area (Å²) in [4.78, 5) is 4.47. The molecule has 0 bridgehead atoms. The van der Waals surface area contributed by atoms with Gasteiger partial charge in [0.25, 0.3) is 0 Å². The number of aromatic nitrogens is 1. The van der Waals surface area contributed by atoms with Crippen LogP contribution in [0.25, 0.3) is 0 Å². The molecule has 74 valence electrons. The van der Waals surface area contributed by atoms with Gasteiger partial charge in [0, 0.05) is 30.9 Å². The first-order valence-corrected chi connectivity index (χ1v) is 4.02. The van der Waals surface area contributed by atoms with Gasteiger partial charge in [0.1, 0.15) is 0 Å². The van der Waals surface area contributed by atoms with E-state index in [2.05, 4.69) is 22.4 Å². The van der Waals surface area contributed by atoms with Gasteiger partial charge in [0.05, 0.1) is 0 Å². The van der Waals surface area contributed by atoms with Gasteiger partial charge in [0.15, 0.2) is 0 Å². The van der Waals surface area contributed by atoms with Crippen LogP contribution in [0.1, 0.15) is 17.0 Å². The van der Waals surface area contributed by atoms with Crippen molar-refractivity contribution in [1.29, 1.82) is 0 Å². The number of halogens is 2. The minimum atomic E-state index is 0. The van der Waals surface area contributed by atoms with Crippen molar-refractivity contribution in [2.75, 3.05) is 6.54 Å². The largest absolute Gasteiger partial charge is 0.312 e. The van der Waals surface area contributed by atoms with E-state index in [9.17, 15) is 0 Å². The molecule has 0 aliphatic carbocycles. The second-order valence-corrected chi connectivity index (χ2v) is 2.99. The first-order chi connectivity index (χ1) is 5.36. The molecule has 0 unspecified atom stereocenters. The molecule has 1 aromatic heterocycles. The molecule has 1 aromatic rings. The second kappa shape index (κ2) is 5.43. The summed E-state index contributed by atoms with van der Waals surface area (Å²) in [5, 5.41) is 3.32. The zero-order valence-corrected chi connectivity index (χ0v) is 9.17. The van der Waals surface area contributed by atoms with Crippen molar-refractivity contribution in [2.24, 2.45) is 0 Å². The molecule has 2 nitrogen and oxygen atoms in total. The standard InChI is InChI=1S/C9H12N2.2ClH/c1-7-2-3-8-6-10-5-4-9(8)11-7;;/h2-3,10H,4-6H2,1H3;2*1H. The third kappa shape index (κ3) is 2.83. The Kier molecular flexibility index (Phi) is 5.30. The third-order valence-corrected chi connectivity index (χ3v) is 2.06. The van der Waals surface area contributed by atoms with E-state index in [1.165, 1.54) is 11.3 Å². The number of pyridine rings is 1. The number of hydrogen-bond acceptors (Lipinski definition) is 2. The molecule has 0 saturated carbocycles. The van der Waals surface area contributed by atoms with Crippen LogP contribution in [0, 0.1) is 6.92 Å². The molecule has 0 spiro atoms. The highest BCUT2D eigenvalue weighted by Gasteiger charge is 2.08. The molecule has 1 N–H and O–H groups in total. The number of rotatable bonds is 0. The summed E-state index contributed by atoms with van der Waals surface area (Å²) in [5.74, 6) is 0. The summed E-state index contributed by atoms with van der Waals surface area (Å²) in [7, 11) is 0. The van der Waals surface area contributed by atoms with Gasteiger partial charge >= 0.3 is 0 Å².